The normalized spacial score (nSPS) is 47.2. The fourth-order valence-electron chi connectivity index (χ4n) is 5.90. The smallest absolute Gasteiger partial charge is 0.0566 e. The number of hydrogen-bond donors (Lipinski definition) is 3. The summed E-state index contributed by atoms with van der Waals surface area (Å²) in [5.41, 5.74) is 0. The van der Waals surface area contributed by atoms with Crippen molar-refractivity contribution in [2.24, 2.45) is 29.6 Å². The molecule has 0 amide bonds. The van der Waals surface area contributed by atoms with Crippen LogP contribution in [0.3, 0.4) is 0 Å². The van der Waals surface area contributed by atoms with Gasteiger partial charge in [-0.25, -0.2) is 0 Å². The van der Waals surface area contributed by atoms with E-state index in [1.165, 1.54) is 38.5 Å². The topological polar surface area (TPSA) is 60.7 Å². The molecule has 23 heavy (non-hydrogen) atoms. The van der Waals surface area contributed by atoms with Gasteiger partial charge in [0.15, 0.2) is 0 Å². The van der Waals surface area contributed by atoms with Gasteiger partial charge in [0.05, 0.1) is 18.3 Å². The second-order valence-corrected chi connectivity index (χ2v) is 8.83. The molecule has 0 saturated heterocycles. The molecule has 3 N–H and O–H groups in total. The van der Waals surface area contributed by atoms with Crippen molar-refractivity contribution in [3.05, 3.63) is 0 Å². The van der Waals surface area contributed by atoms with Crippen molar-refractivity contribution in [3.8, 4) is 0 Å². The molecule has 3 heteroatoms. The van der Waals surface area contributed by atoms with E-state index in [0.29, 0.717) is 5.92 Å². The van der Waals surface area contributed by atoms with Crippen molar-refractivity contribution < 1.29 is 15.3 Å². The van der Waals surface area contributed by atoms with Crippen LogP contribution in [0.15, 0.2) is 0 Å². The zero-order valence-corrected chi connectivity index (χ0v) is 14.7. The van der Waals surface area contributed by atoms with Crippen molar-refractivity contribution in [2.45, 2.75) is 95.9 Å². The van der Waals surface area contributed by atoms with Crippen LogP contribution in [0.1, 0.15) is 77.6 Å². The number of hydrogen-bond acceptors (Lipinski definition) is 3. The van der Waals surface area contributed by atoms with Gasteiger partial charge in [-0.15, -0.1) is 0 Å². The lowest BCUT2D eigenvalue weighted by atomic mass is 9.60. The predicted molar refractivity (Wildman–Crippen MR) is 91.9 cm³/mol. The molecule has 0 heterocycles. The van der Waals surface area contributed by atoms with E-state index in [1.807, 2.05) is 0 Å². The average molecular weight is 325 g/mol. The molecule has 3 aliphatic rings. The lowest BCUT2D eigenvalue weighted by molar-refractivity contribution is -0.0169. The van der Waals surface area contributed by atoms with Gasteiger partial charge in [0.2, 0.25) is 0 Å². The summed E-state index contributed by atoms with van der Waals surface area (Å²) in [5, 5.41) is 29.9. The van der Waals surface area contributed by atoms with Crippen LogP contribution in [-0.4, -0.2) is 33.6 Å². The fourth-order valence-corrected chi connectivity index (χ4v) is 5.90. The Kier molecular flexibility index (Phi) is 6.03. The monoisotopic (exact) mass is 324 g/mol. The van der Waals surface area contributed by atoms with Gasteiger partial charge in [-0.3, -0.25) is 0 Å². The maximum Gasteiger partial charge on any atom is 0.0566 e. The van der Waals surface area contributed by atoms with Gasteiger partial charge < -0.3 is 15.3 Å². The van der Waals surface area contributed by atoms with E-state index in [2.05, 4.69) is 6.92 Å². The number of rotatable bonds is 3. The lowest BCUT2D eigenvalue weighted by Gasteiger charge is -2.46. The highest BCUT2D eigenvalue weighted by Gasteiger charge is 2.41. The van der Waals surface area contributed by atoms with E-state index in [1.54, 1.807) is 0 Å². The minimum absolute atomic E-state index is 0.0767. The Balaban J connectivity index is 1.70. The molecule has 0 bridgehead atoms. The quantitative estimate of drug-likeness (QED) is 0.744. The first-order valence-electron chi connectivity index (χ1n) is 10.1. The van der Waals surface area contributed by atoms with Crippen LogP contribution < -0.4 is 0 Å². The molecular formula is C20H36O3. The standard InChI is InChI=1S/C20H36O3/c1-13-12-16(6-11-19(13)23)20(14-2-7-17(21)8-3-14)15-4-9-18(22)10-5-15/h13-23H,2-12H2,1H3. The lowest BCUT2D eigenvalue weighted by Crippen LogP contribution is -2.40. The van der Waals surface area contributed by atoms with Gasteiger partial charge in [-0.2, -0.15) is 0 Å². The van der Waals surface area contributed by atoms with Crippen molar-refractivity contribution in [1.29, 1.82) is 0 Å². The molecular weight excluding hydrogens is 288 g/mol. The van der Waals surface area contributed by atoms with E-state index in [-0.39, 0.29) is 18.3 Å². The average Bonchev–Trinajstić information content (AvgIpc) is 2.55. The zero-order valence-electron chi connectivity index (χ0n) is 14.7. The fraction of sp³-hybridized carbons (Fsp3) is 1.00. The maximum absolute atomic E-state index is 10.1. The van der Waals surface area contributed by atoms with Crippen LogP contribution in [0, 0.1) is 29.6 Å². The maximum atomic E-state index is 10.1. The van der Waals surface area contributed by atoms with Crippen LogP contribution in [0.2, 0.25) is 0 Å². The Bertz CT molecular complexity index is 334. The summed E-state index contributed by atoms with van der Waals surface area (Å²) in [6.07, 6.45) is 11.7. The Morgan fingerprint density at radius 1 is 0.609 bits per heavy atom. The first-order valence-corrected chi connectivity index (χ1v) is 10.1. The minimum Gasteiger partial charge on any atom is -0.393 e. The van der Waals surface area contributed by atoms with E-state index in [9.17, 15) is 15.3 Å². The third-order valence-electron chi connectivity index (χ3n) is 7.28. The summed E-state index contributed by atoms with van der Waals surface area (Å²) in [5.74, 6) is 3.44. The molecule has 0 radical (unpaired) electrons. The second-order valence-electron chi connectivity index (χ2n) is 8.83. The van der Waals surface area contributed by atoms with Gasteiger partial charge in [-0.05, 0) is 100 Å². The molecule has 134 valence electrons. The van der Waals surface area contributed by atoms with Crippen LogP contribution in [0.4, 0.5) is 0 Å². The Morgan fingerprint density at radius 2 is 1.04 bits per heavy atom. The third kappa shape index (κ3) is 4.29. The molecule has 3 saturated carbocycles. The van der Waals surface area contributed by atoms with E-state index >= 15 is 0 Å². The molecule has 0 aromatic rings. The number of aliphatic hydroxyl groups excluding tert-OH is 3. The van der Waals surface area contributed by atoms with Crippen molar-refractivity contribution >= 4 is 0 Å². The van der Waals surface area contributed by atoms with Crippen molar-refractivity contribution in [2.75, 3.05) is 0 Å². The van der Waals surface area contributed by atoms with Crippen LogP contribution in [0.25, 0.3) is 0 Å². The van der Waals surface area contributed by atoms with Crippen molar-refractivity contribution in [1.82, 2.24) is 0 Å². The summed E-state index contributed by atoms with van der Waals surface area (Å²) in [7, 11) is 0. The van der Waals surface area contributed by atoms with Crippen LogP contribution >= 0.6 is 0 Å². The molecule has 3 atom stereocenters. The van der Waals surface area contributed by atoms with Gasteiger partial charge in [-0.1, -0.05) is 6.92 Å². The predicted octanol–water partition coefficient (Wildman–Crippen LogP) is 3.50. The Morgan fingerprint density at radius 3 is 1.48 bits per heavy atom. The van der Waals surface area contributed by atoms with Crippen molar-refractivity contribution in [3.63, 3.8) is 0 Å². The van der Waals surface area contributed by atoms with Gasteiger partial charge in [0.1, 0.15) is 0 Å². The largest absolute Gasteiger partial charge is 0.393 e. The summed E-state index contributed by atoms with van der Waals surface area (Å²) in [6.45, 7) is 2.21. The summed E-state index contributed by atoms with van der Waals surface area (Å²) in [6, 6.07) is 0. The third-order valence-corrected chi connectivity index (χ3v) is 7.28. The SMILES string of the molecule is CC1CC(C(C2CCC(O)CC2)C2CCC(O)CC2)CCC1O. The first-order chi connectivity index (χ1) is 11.0. The Labute approximate surface area is 141 Å². The summed E-state index contributed by atoms with van der Waals surface area (Å²) < 4.78 is 0. The molecule has 0 aromatic heterocycles. The molecule has 3 nitrogen and oxygen atoms in total. The summed E-state index contributed by atoms with van der Waals surface area (Å²) >= 11 is 0. The molecule has 3 rings (SSSR count). The second kappa shape index (κ2) is 7.84. The van der Waals surface area contributed by atoms with E-state index < -0.39 is 0 Å². The van der Waals surface area contributed by atoms with Crippen LogP contribution in [-0.2, 0) is 0 Å². The zero-order chi connectivity index (χ0) is 16.4. The highest BCUT2D eigenvalue weighted by molar-refractivity contribution is 4.91. The minimum atomic E-state index is -0.103. The molecule has 0 spiro atoms. The molecule has 0 aromatic carbocycles. The van der Waals surface area contributed by atoms with E-state index in [0.717, 1.165) is 55.8 Å². The highest BCUT2D eigenvalue weighted by Crippen LogP contribution is 2.48. The van der Waals surface area contributed by atoms with Crippen LogP contribution in [0.5, 0.6) is 0 Å². The van der Waals surface area contributed by atoms with Gasteiger partial charge in [0.25, 0.3) is 0 Å². The first kappa shape index (κ1) is 17.7. The highest BCUT2D eigenvalue weighted by atomic mass is 16.3. The number of aliphatic hydroxyl groups is 3. The molecule has 3 fully saturated rings. The molecule has 3 unspecified atom stereocenters. The van der Waals surface area contributed by atoms with Gasteiger partial charge in [0, 0.05) is 0 Å². The van der Waals surface area contributed by atoms with E-state index in [4.69, 9.17) is 0 Å². The Hall–Kier alpha value is -0.120. The molecule has 3 aliphatic carbocycles. The van der Waals surface area contributed by atoms with Gasteiger partial charge >= 0.3 is 0 Å². The molecule has 0 aliphatic heterocycles. The summed E-state index contributed by atoms with van der Waals surface area (Å²) in [4.78, 5) is 0.